The van der Waals surface area contributed by atoms with Crippen LogP contribution in [0.5, 0.6) is 0 Å². The molecule has 52 valence electrons. The van der Waals surface area contributed by atoms with E-state index in [0.717, 1.165) is 26.2 Å². The van der Waals surface area contributed by atoms with Crippen LogP contribution in [0.3, 0.4) is 0 Å². The van der Waals surface area contributed by atoms with E-state index >= 15 is 0 Å². The molecular weight excluding hydrogens is 116 g/mol. The second kappa shape index (κ2) is 3.29. The lowest BCUT2D eigenvalue weighted by atomic mass is 10.4. The Morgan fingerprint density at radius 2 is 2.56 bits per heavy atom. The van der Waals surface area contributed by atoms with Crippen molar-refractivity contribution in [1.82, 2.24) is 10.3 Å². The zero-order valence-electron chi connectivity index (χ0n) is 5.38. The predicted octanol–water partition coefficient (Wildman–Crippen LogP) is -0.859. The molecular formula is C5H12N4. The van der Waals surface area contributed by atoms with Gasteiger partial charge in [-0.05, 0) is 13.0 Å². The summed E-state index contributed by atoms with van der Waals surface area (Å²) in [6.07, 6.45) is 2.48. The van der Waals surface area contributed by atoms with E-state index in [2.05, 4.69) is 10.4 Å². The minimum atomic E-state index is 0.827. The van der Waals surface area contributed by atoms with Gasteiger partial charge in [0.1, 0.15) is 6.34 Å². The number of nitrogens with one attached hydrogen (secondary N) is 1. The summed E-state index contributed by atoms with van der Waals surface area (Å²) in [6.45, 7) is 2.94. The second-order valence-electron chi connectivity index (χ2n) is 2.01. The fourth-order valence-corrected chi connectivity index (χ4v) is 0.867. The minimum absolute atomic E-state index is 0.827. The average Bonchev–Trinajstić information content (AvgIpc) is 1.91. The summed E-state index contributed by atoms with van der Waals surface area (Å²) in [5.74, 6) is 0. The van der Waals surface area contributed by atoms with Crippen LogP contribution in [-0.4, -0.2) is 31.1 Å². The van der Waals surface area contributed by atoms with Gasteiger partial charge in [-0.3, -0.25) is 10.3 Å². The molecule has 3 N–H and O–H groups in total. The van der Waals surface area contributed by atoms with E-state index in [0.29, 0.717) is 0 Å². The molecule has 0 amide bonds. The largest absolute Gasteiger partial charge is 0.388 e. The maximum absolute atomic E-state index is 5.10. The number of hydrazone groups is 1. The van der Waals surface area contributed by atoms with Crippen molar-refractivity contribution in [2.75, 3.05) is 19.8 Å². The van der Waals surface area contributed by atoms with Crippen LogP contribution in [0.2, 0.25) is 0 Å². The first-order chi connectivity index (χ1) is 4.43. The Kier molecular flexibility index (Phi) is 2.32. The van der Waals surface area contributed by atoms with Crippen molar-refractivity contribution in [2.45, 2.75) is 6.42 Å². The summed E-state index contributed by atoms with van der Waals surface area (Å²) < 4.78 is 0. The van der Waals surface area contributed by atoms with E-state index < -0.39 is 0 Å². The van der Waals surface area contributed by atoms with E-state index in [1.54, 1.807) is 0 Å². The van der Waals surface area contributed by atoms with Gasteiger partial charge >= 0.3 is 0 Å². The Hall–Kier alpha value is -0.770. The highest BCUT2D eigenvalue weighted by Gasteiger charge is 2.03. The highest BCUT2D eigenvalue weighted by Crippen LogP contribution is 1.93. The molecule has 0 spiro atoms. The van der Waals surface area contributed by atoms with Crippen LogP contribution >= 0.6 is 0 Å². The maximum atomic E-state index is 5.10. The smallest absolute Gasteiger partial charge is 0.106 e. The number of hydrogen-bond acceptors (Lipinski definition) is 3. The van der Waals surface area contributed by atoms with E-state index in [1.165, 1.54) is 6.34 Å². The van der Waals surface area contributed by atoms with E-state index in [1.807, 2.05) is 5.01 Å². The maximum Gasteiger partial charge on any atom is 0.106 e. The molecule has 1 aliphatic heterocycles. The van der Waals surface area contributed by atoms with Gasteiger partial charge < -0.3 is 5.73 Å². The standard InChI is InChI=1S/C5H12N4/c6-4-8-9-3-1-2-7-5-9/h4,7H,1-3,5H2,(H2,6,8). The number of hydrogen-bond donors (Lipinski definition) is 2. The van der Waals surface area contributed by atoms with E-state index in [4.69, 9.17) is 5.73 Å². The van der Waals surface area contributed by atoms with Gasteiger partial charge in [0.2, 0.25) is 0 Å². The zero-order chi connectivity index (χ0) is 6.53. The van der Waals surface area contributed by atoms with Crippen molar-refractivity contribution >= 4 is 6.34 Å². The molecule has 1 heterocycles. The number of rotatable bonds is 1. The van der Waals surface area contributed by atoms with Crippen LogP contribution in [0.25, 0.3) is 0 Å². The van der Waals surface area contributed by atoms with Gasteiger partial charge in [-0.2, -0.15) is 5.10 Å². The molecule has 9 heavy (non-hydrogen) atoms. The second-order valence-corrected chi connectivity index (χ2v) is 2.01. The van der Waals surface area contributed by atoms with E-state index in [-0.39, 0.29) is 0 Å². The van der Waals surface area contributed by atoms with Crippen molar-refractivity contribution in [1.29, 1.82) is 0 Å². The summed E-state index contributed by atoms with van der Waals surface area (Å²) >= 11 is 0. The lowest BCUT2D eigenvalue weighted by Crippen LogP contribution is -2.38. The fraction of sp³-hybridized carbons (Fsp3) is 0.800. The Morgan fingerprint density at radius 3 is 3.11 bits per heavy atom. The molecule has 0 unspecified atom stereocenters. The highest BCUT2D eigenvalue weighted by atomic mass is 15.5. The topological polar surface area (TPSA) is 53.6 Å². The van der Waals surface area contributed by atoms with Gasteiger partial charge in [0.15, 0.2) is 0 Å². The average molecular weight is 128 g/mol. The predicted molar refractivity (Wildman–Crippen MR) is 36.9 cm³/mol. The molecule has 0 aliphatic carbocycles. The quantitative estimate of drug-likeness (QED) is 0.357. The van der Waals surface area contributed by atoms with Gasteiger partial charge in [0.25, 0.3) is 0 Å². The number of nitrogens with two attached hydrogens (primary N) is 1. The van der Waals surface area contributed by atoms with Crippen LogP contribution in [0.4, 0.5) is 0 Å². The molecule has 0 bridgehead atoms. The van der Waals surface area contributed by atoms with Gasteiger partial charge in [-0.1, -0.05) is 0 Å². The fourth-order valence-electron chi connectivity index (χ4n) is 0.867. The van der Waals surface area contributed by atoms with Crippen LogP contribution in [0, 0.1) is 0 Å². The van der Waals surface area contributed by atoms with Crippen LogP contribution < -0.4 is 11.1 Å². The number of nitrogens with zero attached hydrogens (tertiary/aromatic N) is 2. The Balaban J connectivity index is 2.23. The first kappa shape index (κ1) is 6.35. The molecule has 0 atom stereocenters. The zero-order valence-corrected chi connectivity index (χ0v) is 5.38. The summed E-state index contributed by atoms with van der Waals surface area (Å²) in [5, 5.41) is 8.99. The SMILES string of the molecule is N/C=N\N1CCCNC1. The molecule has 0 aromatic rings. The Labute approximate surface area is 54.7 Å². The molecule has 4 nitrogen and oxygen atoms in total. The van der Waals surface area contributed by atoms with Crippen molar-refractivity contribution in [3.8, 4) is 0 Å². The third-order valence-corrected chi connectivity index (χ3v) is 1.29. The lowest BCUT2D eigenvalue weighted by Gasteiger charge is -2.23. The molecule has 0 saturated carbocycles. The van der Waals surface area contributed by atoms with Crippen molar-refractivity contribution in [2.24, 2.45) is 10.8 Å². The molecule has 1 saturated heterocycles. The molecule has 0 radical (unpaired) electrons. The lowest BCUT2D eigenvalue weighted by molar-refractivity contribution is 0.226. The van der Waals surface area contributed by atoms with Crippen molar-refractivity contribution in [3.05, 3.63) is 0 Å². The van der Waals surface area contributed by atoms with Crippen molar-refractivity contribution in [3.63, 3.8) is 0 Å². The first-order valence-corrected chi connectivity index (χ1v) is 3.13. The molecule has 1 aliphatic rings. The minimum Gasteiger partial charge on any atom is -0.388 e. The van der Waals surface area contributed by atoms with Gasteiger partial charge in [-0.15, -0.1) is 0 Å². The van der Waals surface area contributed by atoms with Crippen LogP contribution in [0.1, 0.15) is 6.42 Å². The first-order valence-electron chi connectivity index (χ1n) is 3.13. The van der Waals surface area contributed by atoms with Crippen LogP contribution in [-0.2, 0) is 0 Å². The highest BCUT2D eigenvalue weighted by molar-refractivity contribution is 5.50. The van der Waals surface area contributed by atoms with Gasteiger partial charge in [0.05, 0.1) is 6.67 Å². The van der Waals surface area contributed by atoms with Gasteiger partial charge in [0, 0.05) is 6.54 Å². The summed E-state index contributed by atoms with van der Waals surface area (Å²) in [5.41, 5.74) is 5.10. The Bertz CT molecular complexity index is 95.1. The van der Waals surface area contributed by atoms with E-state index in [9.17, 15) is 0 Å². The monoisotopic (exact) mass is 128 g/mol. The summed E-state index contributed by atoms with van der Waals surface area (Å²) in [4.78, 5) is 0. The third kappa shape index (κ3) is 1.89. The summed E-state index contributed by atoms with van der Waals surface area (Å²) in [7, 11) is 0. The summed E-state index contributed by atoms with van der Waals surface area (Å²) in [6, 6.07) is 0. The third-order valence-electron chi connectivity index (χ3n) is 1.29. The van der Waals surface area contributed by atoms with Gasteiger partial charge in [-0.25, -0.2) is 0 Å². The molecule has 0 aromatic heterocycles. The molecule has 4 heteroatoms. The normalized spacial score (nSPS) is 21.1. The van der Waals surface area contributed by atoms with Crippen molar-refractivity contribution < 1.29 is 0 Å². The Morgan fingerprint density at radius 1 is 1.67 bits per heavy atom. The molecule has 0 aromatic carbocycles. The molecule has 1 rings (SSSR count). The van der Waals surface area contributed by atoms with Crippen LogP contribution in [0.15, 0.2) is 5.10 Å². The molecule has 1 fully saturated rings.